The van der Waals surface area contributed by atoms with Crippen LogP contribution in [0, 0.1) is 0 Å². The lowest BCUT2D eigenvalue weighted by molar-refractivity contribution is 0.184. The molecule has 0 amide bonds. The third-order valence-electron chi connectivity index (χ3n) is 2.99. The first-order valence-electron chi connectivity index (χ1n) is 6.31. The van der Waals surface area contributed by atoms with Crippen LogP contribution in [0.1, 0.15) is 19.6 Å². The molecule has 20 heavy (non-hydrogen) atoms. The number of halogens is 2. The van der Waals surface area contributed by atoms with E-state index in [4.69, 9.17) is 27.6 Å². The molecular weight excluding hydrogens is 297 g/mol. The molecule has 3 nitrogen and oxygen atoms in total. The first-order valence-corrected chi connectivity index (χ1v) is 7.07. The van der Waals surface area contributed by atoms with E-state index in [0.717, 1.165) is 11.3 Å². The molecule has 0 fully saturated rings. The molecule has 0 radical (unpaired) electrons. The van der Waals surface area contributed by atoms with Gasteiger partial charge in [-0.2, -0.15) is 0 Å². The summed E-state index contributed by atoms with van der Waals surface area (Å²) in [6, 6.07) is 9.06. The summed E-state index contributed by atoms with van der Waals surface area (Å²) < 4.78 is 5.76. The molecule has 1 aromatic heterocycles. The Morgan fingerprint density at radius 2 is 1.95 bits per heavy atom. The summed E-state index contributed by atoms with van der Waals surface area (Å²) in [5, 5.41) is 13.6. The van der Waals surface area contributed by atoms with Gasteiger partial charge in [-0.3, -0.25) is 0 Å². The van der Waals surface area contributed by atoms with Crippen LogP contribution in [0.5, 0.6) is 0 Å². The first kappa shape index (κ1) is 15.4. The van der Waals surface area contributed by atoms with Crippen LogP contribution < -0.4 is 5.32 Å². The maximum Gasteiger partial charge on any atom is 0.135 e. The molecule has 0 unspecified atom stereocenters. The predicted molar refractivity (Wildman–Crippen MR) is 82.2 cm³/mol. The van der Waals surface area contributed by atoms with Gasteiger partial charge in [0.15, 0.2) is 0 Å². The van der Waals surface area contributed by atoms with Crippen LogP contribution >= 0.6 is 23.2 Å². The van der Waals surface area contributed by atoms with Crippen molar-refractivity contribution < 1.29 is 9.52 Å². The van der Waals surface area contributed by atoms with Crippen molar-refractivity contribution in [3.63, 3.8) is 0 Å². The van der Waals surface area contributed by atoms with Crippen LogP contribution in [-0.2, 0) is 6.54 Å². The molecular formula is C15H17Cl2NO2. The van der Waals surface area contributed by atoms with Gasteiger partial charge in [0.25, 0.3) is 0 Å². The largest absolute Gasteiger partial charge is 0.460 e. The second-order valence-electron chi connectivity index (χ2n) is 5.29. The lowest BCUT2D eigenvalue weighted by Crippen LogP contribution is -2.41. The Labute approximate surface area is 128 Å². The molecule has 2 aromatic rings. The van der Waals surface area contributed by atoms with Crippen LogP contribution in [0.15, 0.2) is 34.7 Å². The maximum absolute atomic E-state index is 9.19. The highest BCUT2D eigenvalue weighted by Gasteiger charge is 2.16. The fraction of sp³-hybridized carbons (Fsp3) is 0.333. The zero-order valence-corrected chi connectivity index (χ0v) is 12.9. The van der Waals surface area contributed by atoms with Crippen molar-refractivity contribution in [2.24, 2.45) is 0 Å². The molecule has 2 rings (SSSR count). The minimum Gasteiger partial charge on any atom is -0.460 e. The number of benzene rings is 1. The van der Waals surface area contributed by atoms with E-state index in [9.17, 15) is 5.11 Å². The second-order valence-corrected chi connectivity index (χ2v) is 6.13. The molecule has 0 saturated carbocycles. The summed E-state index contributed by atoms with van der Waals surface area (Å²) in [7, 11) is 0. The van der Waals surface area contributed by atoms with Gasteiger partial charge in [0.1, 0.15) is 11.5 Å². The zero-order valence-electron chi connectivity index (χ0n) is 11.4. The quantitative estimate of drug-likeness (QED) is 0.873. The molecule has 0 spiro atoms. The van der Waals surface area contributed by atoms with Gasteiger partial charge in [-0.25, -0.2) is 0 Å². The molecule has 0 saturated heterocycles. The third-order valence-corrected chi connectivity index (χ3v) is 3.54. The molecule has 0 aliphatic carbocycles. The first-order chi connectivity index (χ1) is 9.41. The van der Waals surface area contributed by atoms with Crippen LogP contribution in [0.2, 0.25) is 10.0 Å². The van der Waals surface area contributed by atoms with Gasteiger partial charge >= 0.3 is 0 Å². The Morgan fingerprint density at radius 1 is 1.20 bits per heavy atom. The average molecular weight is 314 g/mol. The summed E-state index contributed by atoms with van der Waals surface area (Å²) in [6.07, 6.45) is 0. The normalized spacial score (nSPS) is 11.8. The third kappa shape index (κ3) is 3.76. The molecule has 0 aliphatic heterocycles. The predicted octanol–water partition coefficient (Wildman–Crippen LogP) is 4.11. The van der Waals surface area contributed by atoms with Gasteiger partial charge in [0.05, 0.1) is 18.2 Å². The van der Waals surface area contributed by atoms with E-state index in [1.54, 1.807) is 12.1 Å². The van der Waals surface area contributed by atoms with E-state index in [2.05, 4.69) is 5.32 Å². The van der Waals surface area contributed by atoms with Gasteiger partial charge in [-0.15, -0.1) is 0 Å². The number of furan rings is 1. The van der Waals surface area contributed by atoms with E-state index in [1.165, 1.54) is 0 Å². The van der Waals surface area contributed by atoms with Crippen LogP contribution in [0.3, 0.4) is 0 Å². The fourth-order valence-corrected chi connectivity index (χ4v) is 2.19. The Balaban J connectivity index is 2.13. The summed E-state index contributed by atoms with van der Waals surface area (Å²) in [5.74, 6) is 1.48. The Hall–Kier alpha value is -1.00. The van der Waals surface area contributed by atoms with Gasteiger partial charge in [0, 0.05) is 16.1 Å². The molecule has 0 aliphatic rings. The molecule has 1 aromatic carbocycles. The number of rotatable bonds is 5. The zero-order chi connectivity index (χ0) is 14.8. The van der Waals surface area contributed by atoms with Crippen molar-refractivity contribution in [2.45, 2.75) is 25.9 Å². The summed E-state index contributed by atoms with van der Waals surface area (Å²) in [5.41, 5.74) is 0.467. The molecule has 108 valence electrons. The van der Waals surface area contributed by atoms with Gasteiger partial charge in [-0.05, 0) is 44.2 Å². The molecule has 2 N–H and O–H groups in total. The monoisotopic (exact) mass is 313 g/mol. The van der Waals surface area contributed by atoms with Crippen LogP contribution in [0.4, 0.5) is 0 Å². The van der Waals surface area contributed by atoms with Gasteiger partial charge in [0.2, 0.25) is 0 Å². The Bertz CT molecular complexity index is 593. The SMILES string of the molecule is CC(C)(CO)NCc1ccc(-c2ccc(Cl)cc2Cl)o1. The van der Waals surface area contributed by atoms with E-state index in [0.29, 0.717) is 22.4 Å². The number of aliphatic hydroxyl groups excluding tert-OH is 1. The van der Waals surface area contributed by atoms with E-state index in [1.807, 2.05) is 32.0 Å². The lowest BCUT2D eigenvalue weighted by Gasteiger charge is -2.22. The van der Waals surface area contributed by atoms with E-state index < -0.39 is 0 Å². The van der Waals surface area contributed by atoms with E-state index >= 15 is 0 Å². The van der Waals surface area contributed by atoms with Crippen molar-refractivity contribution >= 4 is 23.2 Å². The number of hydrogen-bond acceptors (Lipinski definition) is 3. The number of hydrogen-bond donors (Lipinski definition) is 2. The summed E-state index contributed by atoms with van der Waals surface area (Å²) in [4.78, 5) is 0. The minimum atomic E-state index is -0.342. The highest BCUT2D eigenvalue weighted by molar-refractivity contribution is 6.36. The maximum atomic E-state index is 9.19. The van der Waals surface area contributed by atoms with E-state index in [-0.39, 0.29) is 12.1 Å². The van der Waals surface area contributed by atoms with Crippen molar-refractivity contribution in [3.05, 3.63) is 46.1 Å². The van der Waals surface area contributed by atoms with Gasteiger partial charge < -0.3 is 14.8 Å². The van der Waals surface area contributed by atoms with Crippen molar-refractivity contribution in [2.75, 3.05) is 6.61 Å². The molecule has 0 bridgehead atoms. The second kappa shape index (κ2) is 6.19. The Morgan fingerprint density at radius 3 is 2.60 bits per heavy atom. The standard InChI is InChI=1S/C15H17Cl2NO2/c1-15(2,9-19)18-8-11-4-6-14(20-11)12-5-3-10(16)7-13(12)17/h3-7,18-19H,8-9H2,1-2H3. The average Bonchev–Trinajstić information content (AvgIpc) is 2.85. The van der Waals surface area contributed by atoms with Crippen molar-refractivity contribution in [3.8, 4) is 11.3 Å². The summed E-state index contributed by atoms with van der Waals surface area (Å²) >= 11 is 12.0. The van der Waals surface area contributed by atoms with Crippen molar-refractivity contribution in [1.82, 2.24) is 5.32 Å². The molecule has 5 heteroatoms. The summed E-state index contributed by atoms with van der Waals surface area (Å²) in [6.45, 7) is 4.45. The smallest absolute Gasteiger partial charge is 0.135 e. The number of nitrogens with one attached hydrogen (secondary N) is 1. The van der Waals surface area contributed by atoms with Gasteiger partial charge in [-0.1, -0.05) is 23.2 Å². The highest BCUT2D eigenvalue weighted by atomic mass is 35.5. The molecule has 0 atom stereocenters. The van der Waals surface area contributed by atoms with Crippen LogP contribution in [-0.4, -0.2) is 17.3 Å². The van der Waals surface area contributed by atoms with Crippen LogP contribution in [0.25, 0.3) is 11.3 Å². The molecule has 1 heterocycles. The minimum absolute atomic E-state index is 0.0591. The number of aliphatic hydroxyl groups is 1. The topological polar surface area (TPSA) is 45.4 Å². The Kier molecular flexibility index (Phi) is 4.76. The van der Waals surface area contributed by atoms with Crippen molar-refractivity contribution in [1.29, 1.82) is 0 Å². The lowest BCUT2D eigenvalue weighted by atomic mass is 10.1. The fourth-order valence-electron chi connectivity index (χ4n) is 1.69. The highest BCUT2D eigenvalue weighted by Crippen LogP contribution is 2.31.